The summed E-state index contributed by atoms with van der Waals surface area (Å²) in [6, 6.07) is 22.2. The molecular formula is C20H16. The van der Waals surface area contributed by atoms with E-state index in [0.29, 0.717) is 0 Å². The molecule has 4 aromatic carbocycles. The second kappa shape index (κ2) is 4.08. The summed E-state index contributed by atoms with van der Waals surface area (Å²) < 4.78 is 0. The third-order valence-corrected chi connectivity index (χ3v) is 4.36. The first kappa shape index (κ1) is 11.5. The standard InChI is InChI=1S/C20H16/c1-13-11-16-8-10-18-17-6-4-3-5-15(17)7-9-19(18)20(16)12-14(13)2/h3-12H,1-2H3. The largest absolute Gasteiger partial charge is 0.0616 e. The monoisotopic (exact) mass is 256 g/mol. The van der Waals surface area contributed by atoms with Crippen LogP contribution in [-0.4, -0.2) is 0 Å². The highest BCUT2D eigenvalue weighted by Gasteiger charge is 2.05. The molecule has 0 aromatic heterocycles. The normalized spacial score (nSPS) is 11.5. The summed E-state index contributed by atoms with van der Waals surface area (Å²) in [5.41, 5.74) is 2.72. The van der Waals surface area contributed by atoms with Crippen LogP contribution in [-0.2, 0) is 0 Å². The average molecular weight is 256 g/mol. The van der Waals surface area contributed by atoms with Crippen LogP contribution in [0.5, 0.6) is 0 Å². The minimum absolute atomic E-state index is 1.31. The Bertz CT molecular complexity index is 962. The Morgan fingerprint density at radius 1 is 0.500 bits per heavy atom. The fourth-order valence-electron chi connectivity index (χ4n) is 3.09. The maximum atomic E-state index is 2.32. The van der Waals surface area contributed by atoms with E-state index >= 15 is 0 Å². The van der Waals surface area contributed by atoms with Gasteiger partial charge in [0.2, 0.25) is 0 Å². The van der Waals surface area contributed by atoms with E-state index in [9.17, 15) is 0 Å². The molecule has 0 heteroatoms. The maximum absolute atomic E-state index is 2.32. The van der Waals surface area contributed by atoms with Crippen LogP contribution in [0.4, 0.5) is 0 Å². The van der Waals surface area contributed by atoms with Crippen LogP contribution >= 0.6 is 0 Å². The van der Waals surface area contributed by atoms with Gasteiger partial charge in [0.25, 0.3) is 0 Å². The van der Waals surface area contributed by atoms with Gasteiger partial charge < -0.3 is 0 Å². The molecule has 20 heavy (non-hydrogen) atoms. The van der Waals surface area contributed by atoms with Crippen LogP contribution < -0.4 is 0 Å². The quantitative estimate of drug-likeness (QED) is 0.351. The Morgan fingerprint density at radius 2 is 1.15 bits per heavy atom. The van der Waals surface area contributed by atoms with Crippen LogP contribution in [0.25, 0.3) is 32.3 Å². The summed E-state index contributed by atoms with van der Waals surface area (Å²) >= 11 is 0. The number of hydrogen-bond acceptors (Lipinski definition) is 0. The van der Waals surface area contributed by atoms with E-state index in [2.05, 4.69) is 74.5 Å². The lowest BCUT2D eigenvalue weighted by atomic mass is 9.95. The second-order valence-corrected chi connectivity index (χ2v) is 5.60. The van der Waals surface area contributed by atoms with Gasteiger partial charge >= 0.3 is 0 Å². The van der Waals surface area contributed by atoms with Crippen molar-refractivity contribution in [2.45, 2.75) is 13.8 Å². The van der Waals surface area contributed by atoms with E-state index in [1.165, 1.54) is 43.4 Å². The Kier molecular flexibility index (Phi) is 2.34. The van der Waals surface area contributed by atoms with Crippen molar-refractivity contribution in [1.29, 1.82) is 0 Å². The molecule has 0 atom stereocenters. The summed E-state index contributed by atoms with van der Waals surface area (Å²) in [5.74, 6) is 0. The lowest BCUT2D eigenvalue weighted by molar-refractivity contribution is 1.37. The molecule has 0 aliphatic carbocycles. The highest BCUT2D eigenvalue weighted by molar-refractivity contribution is 6.17. The number of aryl methyl sites for hydroxylation is 2. The second-order valence-electron chi connectivity index (χ2n) is 5.60. The average Bonchev–Trinajstić information content (AvgIpc) is 2.48. The van der Waals surface area contributed by atoms with Crippen molar-refractivity contribution in [2.75, 3.05) is 0 Å². The number of hydrogen-bond donors (Lipinski definition) is 0. The van der Waals surface area contributed by atoms with E-state index in [-0.39, 0.29) is 0 Å². The van der Waals surface area contributed by atoms with E-state index < -0.39 is 0 Å². The molecule has 0 aliphatic heterocycles. The Hall–Kier alpha value is -2.34. The molecule has 0 saturated carbocycles. The first-order valence-electron chi connectivity index (χ1n) is 7.05. The Morgan fingerprint density at radius 3 is 2.00 bits per heavy atom. The van der Waals surface area contributed by atoms with Crippen LogP contribution in [0.2, 0.25) is 0 Å². The molecule has 0 aliphatic rings. The smallest absolute Gasteiger partial charge is 0.00989 e. The van der Waals surface area contributed by atoms with Crippen LogP contribution in [0, 0.1) is 13.8 Å². The van der Waals surface area contributed by atoms with Crippen LogP contribution in [0.3, 0.4) is 0 Å². The molecule has 0 heterocycles. The van der Waals surface area contributed by atoms with E-state index in [1.54, 1.807) is 0 Å². The van der Waals surface area contributed by atoms with Crippen molar-refractivity contribution in [3.63, 3.8) is 0 Å². The topological polar surface area (TPSA) is 0 Å². The minimum Gasteiger partial charge on any atom is -0.0616 e. The molecule has 96 valence electrons. The minimum atomic E-state index is 1.31. The molecular weight excluding hydrogens is 240 g/mol. The summed E-state index contributed by atoms with van der Waals surface area (Å²) in [6.07, 6.45) is 0. The highest BCUT2D eigenvalue weighted by atomic mass is 14.1. The zero-order valence-corrected chi connectivity index (χ0v) is 11.8. The van der Waals surface area contributed by atoms with Gasteiger partial charge in [0, 0.05) is 0 Å². The molecule has 0 saturated heterocycles. The number of benzene rings is 4. The molecule has 0 spiro atoms. The molecule has 0 amide bonds. The van der Waals surface area contributed by atoms with E-state index in [4.69, 9.17) is 0 Å². The summed E-state index contributed by atoms with van der Waals surface area (Å²) in [5, 5.41) is 8.03. The van der Waals surface area contributed by atoms with Gasteiger partial charge in [-0.1, -0.05) is 60.7 Å². The van der Waals surface area contributed by atoms with Crippen LogP contribution in [0.1, 0.15) is 11.1 Å². The Labute approximate surface area is 118 Å². The van der Waals surface area contributed by atoms with Gasteiger partial charge in [0.05, 0.1) is 0 Å². The van der Waals surface area contributed by atoms with E-state index in [0.717, 1.165) is 0 Å². The molecule has 4 aromatic rings. The van der Waals surface area contributed by atoms with Gasteiger partial charge in [-0.25, -0.2) is 0 Å². The summed E-state index contributed by atoms with van der Waals surface area (Å²) in [6.45, 7) is 4.37. The first-order chi connectivity index (χ1) is 9.74. The maximum Gasteiger partial charge on any atom is -0.00989 e. The van der Waals surface area contributed by atoms with E-state index in [1.807, 2.05) is 0 Å². The van der Waals surface area contributed by atoms with Gasteiger partial charge in [0.1, 0.15) is 0 Å². The first-order valence-corrected chi connectivity index (χ1v) is 7.05. The molecule has 0 bridgehead atoms. The van der Waals surface area contributed by atoms with Crippen molar-refractivity contribution in [3.8, 4) is 0 Å². The lowest BCUT2D eigenvalue weighted by Gasteiger charge is -2.09. The summed E-state index contributed by atoms with van der Waals surface area (Å²) in [4.78, 5) is 0. The van der Waals surface area contributed by atoms with Gasteiger partial charge in [-0.3, -0.25) is 0 Å². The fourth-order valence-corrected chi connectivity index (χ4v) is 3.09. The van der Waals surface area contributed by atoms with Gasteiger partial charge in [-0.05, 0) is 57.3 Å². The van der Waals surface area contributed by atoms with Crippen molar-refractivity contribution in [3.05, 3.63) is 71.8 Å². The predicted molar refractivity (Wildman–Crippen MR) is 88.4 cm³/mol. The third kappa shape index (κ3) is 1.55. The molecule has 0 N–H and O–H groups in total. The molecule has 0 unspecified atom stereocenters. The SMILES string of the molecule is Cc1cc2ccc3c4ccccc4ccc3c2cc1C. The Balaban J connectivity index is 2.25. The lowest BCUT2D eigenvalue weighted by Crippen LogP contribution is -1.84. The van der Waals surface area contributed by atoms with Gasteiger partial charge in [-0.2, -0.15) is 0 Å². The highest BCUT2D eigenvalue weighted by Crippen LogP contribution is 2.32. The number of fused-ring (bicyclic) bond motifs is 5. The zero-order valence-electron chi connectivity index (χ0n) is 11.8. The molecule has 0 radical (unpaired) electrons. The van der Waals surface area contributed by atoms with Crippen LogP contribution in [0.15, 0.2) is 60.7 Å². The third-order valence-electron chi connectivity index (χ3n) is 4.36. The van der Waals surface area contributed by atoms with Crippen molar-refractivity contribution in [1.82, 2.24) is 0 Å². The summed E-state index contributed by atoms with van der Waals surface area (Å²) in [7, 11) is 0. The number of rotatable bonds is 0. The molecule has 0 nitrogen and oxygen atoms in total. The fraction of sp³-hybridized carbons (Fsp3) is 0.100. The van der Waals surface area contributed by atoms with Crippen molar-refractivity contribution in [2.24, 2.45) is 0 Å². The van der Waals surface area contributed by atoms with Crippen molar-refractivity contribution >= 4 is 32.3 Å². The predicted octanol–water partition coefficient (Wildman–Crippen LogP) is 5.76. The molecule has 4 rings (SSSR count). The van der Waals surface area contributed by atoms with Gasteiger partial charge in [-0.15, -0.1) is 0 Å². The zero-order chi connectivity index (χ0) is 13.7. The van der Waals surface area contributed by atoms with Crippen molar-refractivity contribution < 1.29 is 0 Å². The van der Waals surface area contributed by atoms with Gasteiger partial charge in [0.15, 0.2) is 0 Å². The molecule has 0 fully saturated rings.